The van der Waals surface area contributed by atoms with Crippen molar-refractivity contribution in [1.29, 1.82) is 0 Å². The van der Waals surface area contributed by atoms with Crippen LogP contribution < -0.4 is 0 Å². The average Bonchev–Trinajstić information content (AvgIpc) is 2.23. The van der Waals surface area contributed by atoms with E-state index in [9.17, 15) is 9.59 Å². The van der Waals surface area contributed by atoms with Gasteiger partial charge in [-0.05, 0) is 19.1 Å². The van der Waals surface area contributed by atoms with Crippen LogP contribution in [0.5, 0.6) is 0 Å². The Kier molecular flexibility index (Phi) is 5.05. The molecule has 1 aromatic rings. The molecule has 0 saturated heterocycles. The fraction of sp³-hybridized carbons (Fsp3) is 0.333. The van der Waals surface area contributed by atoms with Gasteiger partial charge in [-0.25, -0.2) is 0 Å². The van der Waals surface area contributed by atoms with Gasteiger partial charge in [0.05, 0.1) is 12.2 Å². The van der Waals surface area contributed by atoms with Crippen molar-refractivity contribution in [3.8, 4) is 0 Å². The van der Waals surface area contributed by atoms with E-state index in [1.165, 1.54) is 11.8 Å². The van der Waals surface area contributed by atoms with Crippen LogP contribution in [0.25, 0.3) is 0 Å². The van der Waals surface area contributed by atoms with Crippen molar-refractivity contribution in [1.82, 2.24) is 0 Å². The van der Waals surface area contributed by atoms with Crippen LogP contribution in [0.15, 0.2) is 29.2 Å². The van der Waals surface area contributed by atoms with Crippen LogP contribution >= 0.6 is 11.8 Å². The molecule has 0 unspecified atom stereocenters. The fourth-order valence-corrected chi connectivity index (χ4v) is 2.10. The first-order valence-corrected chi connectivity index (χ1v) is 5.99. The second-order valence-electron chi connectivity index (χ2n) is 3.54. The number of Topliss-reactive ketones (excluding diaryl/α,β-unsaturated/α-hetero) is 1. The number of ketones is 1. The minimum Gasteiger partial charge on any atom is -0.481 e. The minimum absolute atomic E-state index is 0.0195. The Hall–Kier alpha value is -1.29. The molecule has 16 heavy (non-hydrogen) atoms. The van der Waals surface area contributed by atoms with E-state index in [1.54, 1.807) is 0 Å². The number of carboxylic acids is 1. The lowest BCUT2D eigenvalue weighted by molar-refractivity contribution is -0.138. The molecule has 1 aromatic carbocycles. The number of hydrogen-bond acceptors (Lipinski definition) is 3. The van der Waals surface area contributed by atoms with E-state index in [0.717, 1.165) is 10.5 Å². The summed E-state index contributed by atoms with van der Waals surface area (Å²) in [4.78, 5) is 22.6. The van der Waals surface area contributed by atoms with E-state index in [4.69, 9.17) is 5.11 Å². The number of hydrogen-bond donors (Lipinski definition) is 1. The monoisotopic (exact) mass is 238 g/mol. The summed E-state index contributed by atoms with van der Waals surface area (Å²) in [5.41, 5.74) is 1.16. The Morgan fingerprint density at radius 2 is 2.06 bits per heavy atom. The Labute approximate surface area is 98.9 Å². The standard InChI is InChI=1S/C12H14O3S/c1-9-3-2-4-11(7-9)16-8-10(13)5-6-12(14)15/h2-4,7H,5-6,8H2,1H3,(H,14,15). The average molecular weight is 238 g/mol. The number of carbonyl (C=O) groups is 2. The van der Waals surface area contributed by atoms with Crippen molar-refractivity contribution in [3.63, 3.8) is 0 Å². The molecule has 0 aliphatic carbocycles. The molecule has 0 amide bonds. The summed E-state index contributed by atoms with van der Waals surface area (Å²) in [6.07, 6.45) is 0.0430. The van der Waals surface area contributed by atoms with Crippen molar-refractivity contribution in [2.45, 2.75) is 24.7 Å². The molecule has 86 valence electrons. The number of carbonyl (C=O) groups excluding carboxylic acids is 1. The van der Waals surface area contributed by atoms with E-state index in [-0.39, 0.29) is 18.6 Å². The van der Waals surface area contributed by atoms with Crippen LogP contribution in [-0.4, -0.2) is 22.6 Å². The lowest BCUT2D eigenvalue weighted by Crippen LogP contribution is -2.05. The molecule has 0 saturated carbocycles. The highest BCUT2D eigenvalue weighted by Crippen LogP contribution is 2.19. The summed E-state index contributed by atoms with van der Waals surface area (Å²) in [5, 5.41) is 8.42. The molecule has 0 fully saturated rings. The maximum Gasteiger partial charge on any atom is 0.303 e. The van der Waals surface area contributed by atoms with Gasteiger partial charge < -0.3 is 5.11 Å². The van der Waals surface area contributed by atoms with Gasteiger partial charge in [-0.15, -0.1) is 11.8 Å². The minimum atomic E-state index is -0.922. The highest BCUT2D eigenvalue weighted by Gasteiger charge is 2.06. The first kappa shape index (κ1) is 12.8. The van der Waals surface area contributed by atoms with E-state index in [0.29, 0.717) is 5.75 Å². The highest BCUT2D eigenvalue weighted by molar-refractivity contribution is 8.00. The van der Waals surface area contributed by atoms with Crippen LogP contribution in [0.3, 0.4) is 0 Å². The van der Waals surface area contributed by atoms with Gasteiger partial charge in [0.15, 0.2) is 0 Å². The van der Waals surface area contributed by atoms with Crippen LogP contribution in [0, 0.1) is 6.92 Å². The van der Waals surface area contributed by atoms with Crippen LogP contribution in [0.4, 0.5) is 0 Å². The van der Waals surface area contributed by atoms with Crippen molar-refractivity contribution < 1.29 is 14.7 Å². The van der Waals surface area contributed by atoms with E-state index in [2.05, 4.69) is 0 Å². The van der Waals surface area contributed by atoms with Crippen molar-refractivity contribution in [3.05, 3.63) is 29.8 Å². The summed E-state index contributed by atoms with van der Waals surface area (Å²) in [5.74, 6) is -0.598. The van der Waals surface area contributed by atoms with E-state index in [1.807, 2.05) is 31.2 Å². The molecule has 3 nitrogen and oxygen atoms in total. The zero-order chi connectivity index (χ0) is 12.0. The van der Waals surface area contributed by atoms with Crippen molar-refractivity contribution in [2.75, 3.05) is 5.75 Å². The molecule has 1 rings (SSSR count). The van der Waals surface area contributed by atoms with Crippen LogP contribution in [-0.2, 0) is 9.59 Å². The lowest BCUT2D eigenvalue weighted by atomic mass is 10.2. The second-order valence-corrected chi connectivity index (χ2v) is 4.59. The number of rotatable bonds is 6. The first-order valence-electron chi connectivity index (χ1n) is 5.01. The molecule has 0 aliphatic heterocycles. The maximum atomic E-state index is 11.3. The topological polar surface area (TPSA) is 54.4 Å². The first-order chi connectivity index (χ1) is 7.58. The van der Waals surface area contributed by atoms with Crippen LogP contribution in [0.1, 0.15) is 18.4 Å². The summed E-state index contributed by atoms with van der Waals surface area (Å²) >= 11 is 1.45. The quantitative estimate of drug-likeness (QED) is 0.774. The van der Waals surface area contributed by atoms with Gasteiger partial charge >= 0.3 is 5.97 Å². The molecule has 0 spiro atoms. The fourth-order valence-electron chi connectivity index (χ4n) is 1.19. The summed E-state index contributed by atoms with van der Waals surface area (Å²) in [7, 11) is 0. The van der Waals surface area contributed by atoms with Gasteiger partial charge in [0, 0.05) is 11.3 Å². The van der Waals surface area contributed by atoms with E-state index >= 15 is 0 Å². The predicted octanol–water partition coefficient (Wildman–Crippen LogP) is 2.52. The SMILES string of the molecule is Cc1cccc(SCC(=O)CCC(=O)O)c1. The highest BCUT2D eigenvalue weighted by atomic mass is 32.2. The molecule has 1 N–H and O–H groups in total. The Bertz CT molecular complexity index is 388. The number of carboxylic acid groups (broad SMARTS) is 1. The van der Waals surface area contributed by atoms with Crippen molar-refractivity contribution in [2.24, 2.45) is 0 Å². The van der Waals surface area contributed by atoms with Crippen molar-refractivity contribution >= 4 is 23.5 Å². The number of thioether (sulfide) groups is 1. The molecule has 0 radical (unpaired) electrons. The van der Waals surface area contributed by atoms with Gasteiger partial charge in [0.2, 0.25) is 0 Å². The van der Waals surface area contributed by atoms with Gasteiger partial charge in [-0.1, -0.05) is 17.7 Å². The molecule has 0 atom stereocenters. The number of benzene rings is 1. The second kappa shape index (κ2) is 6.33. The molecule has 0 aliphatic rings. The third-order valence-electron chi connectivity index (χ3n) is 2.01. The molecule has 0 bridgehead atoms. The third kappa shape index (κ3) is 4.98. The normalized spacial score (nSPS) is 10.1. The summed E-state index contributed by atoms with van der Waals surface area (Å²) in [6, 6.07) is 7.90. The van der Waals surface area contributed by atoms with Gasteiger partial charge in [0.1, 0.15) is 5.78 Å². The van der Waals surface area contributed by atoms with Gasteiger partial charge in [-0.2, -0.15) is 0 Å². The summed E-state index contributed by atoms with van der Waals surface area (Å²) < 4.78 is 0. The van der Waals surface area contributed by atoms with E-state index < -0.39 is 5.97 Å². The Morgan fingerprint density at radius 1 is 1.31 bits per heavy atom. The number of aliphatic carboxylic acids is 1. The Morgan fingerprint density at radius 3 is 2.69 bits per heavy atom. The smallest absolute Gasteiger partial charge is 0.303 e. The Balaban J connectivity index is 2.34. The number of aryl methyl sites for hydroxylation is 1. The molecule has 0 heterocycles. The molecular weight excluding hydrogens is 224 g/mol. The molecule has 4 heteroatoms. The molecule has 0 aromatic heterocycles. The maximum absolute atomic E-state index is 11.3. The summed E-state index contributed by atoms with van der Waals surface area (Å²) in [6.45, 7) is 2.00. The third-order valence-corrected chi connectivity index (χ3v) is 3.06. The molecular formula is C12H14O3S. The van der Waals surface area contributed by atoms with Crippen LogP contribution in [0.2, 0.25) is 0 Å². The zero-order valence-corrected chi connectivity index (χ0v) is 9.92. The predicted molar refractivity (Wildman–Crippen MR) is 63.8 cm³/mol. The lowest BCUT2D eigenvalue weighted by Gasteiger charge is -2.01. The van der Waals surface area contributed by atoms with Gasteiger partial charge in [0.25, 0.3) is 0 Å². The van der Waals surface area contributed by atoms with Gasteiger partial charge in [-0.3, -0.25) is 9.59 Å². The largest absolute Gasteiger partial charge is 0.481 e. The zero-order valence-electron chi connectivity index (χ0n) is 9.10.